The van der Waals surface area contributed by atoms with Crippen LogP contribution in [-0.4, -0.2) is 0 Å². The van der Waals surface area contributed by atoms with Crippen molar-refractivity contribution >= 4 is 0 Å². The van der Waals surface area contributed by atoms with Crippen LogP contribution in [0.15, 0.2) is 0 Å². The zero-order valence-corrected chi connectivity index (χ0v) is 18.5. The van der Waals surface area contributed by atoms with Crippen LogP contribution in [0.4, 0.5) is 17.6 Å². The number of benzene rings is 1. The summed E-state index contributed by atoms with van der Waals surface area (Å²) < 4.78 is 58.5. The first-order chi connectivity index (χ1) is 12.1. The molecule has 4 unspecified atom stereocenters. The molecule has 0 saturated heterocycles. The van der Waals surface area contributed by atoms with E-state index in [2.05, 4.69) is 27.7 Å². The van der Waals surface area contributed by atoms with Gasteiger partial charge in [0.25, 0.3) is 0 Å². The third-order valence-corrected chi connectivity index (χ3v) is 7.25. The van der Waals surface area contributed by atoms with E-state index >= 15 is 0 Å². The summed E-state index contributed by atoms with van der Waals surface area (Å²) in [5.74, 6) is -5.97. The summed E-state index contributed by atoms with van der Waals surface area (Å²) in [4.78, 5) is 0. The average molecular weight is 389 g/mol. The molecule has 0 aliphatic carbocycles. The smallest absolute Gasteiger partial charge is 0.165 e. The maximum atomic E-state index is 14.9. The molecule has 4 atom stereocenters. The Morgan fingerprint density at radius 2 is 1.15 bits per heavy atom. The van der Waals surface area contributed by atoms with Gasteiger partial charge in [0.15, 0.2) is 23.3 Å². The summed E-state index contributed by atoms with van der Waals surface area (Å²) in [5.41, 5.74) is -1.40. The van der Waals surface area contributed by atoms with Crippen LogP contribution in [0.3, 0.4) is 0 Å². The number of hydrogen-bond acceptors (Lipinski definition) is 0. The molecule has 27 heavy (non-hydrogen) atoms. The average Bonchev–Trinajstić information content (AvgIpc) is 2.59. The highest BCUT2D eigenvalue weighted by molar-refractivity contribution is 5.33. The molecule has 0 N–H and O–H groups in total. The molecule has 1 aromatic carbocycles. The van der Waals surface area contributed by atoms with E-state index < -0.39 is 40.3 Å². The molecule has 0 aliphatic heterocycles. The van der Waals surface area contributed by atoms with Gasteiger partial charge in [-0.25, -0.2) is 17.6 Å². The lowest BCUT2D eigenvalue weighted by molar-refractivity contribution is 0.0897. The van der Waals surface area contributed by atoms with Crippen LogP contribution in [0.2, 0.25) is 0 Å². The summed E-state index contributed by atoms with van der Waals surface area (Å²) in [7, 11) is 0. The minimum absolute atomic E-state index is 0.0655. The molecule has 1 rings (SSSR count). The van der Waals surface area contributed by atoms with Crippen LogP contribution in [0.1, 0.15) is 85.8 Å². The summed E-state index contributed by atoms with van der Waals surface area (Å²) in [6, 6.07) is 0. The van der Waals surface area contributed by atoms with E-state index in [1.54, 1.807) is 0 Å². The summed E-state index contributed by atoms with van der Waals surface area (Å²) in [6.45, 7) is 19.3. The Labute approximate surface area is 162 Å². The van der Waals surface area contributed by atoms with Gasteiger partial charge < -0.3 is 0 Å². The second-order valence-electron chi connectivity index (χ2n) is 9.97. The molecule has 0 bridgehead atoms. The molecule has 0 radical (unpaired) electrons. The van der Waals surface area contributed by atoms with E-state index in [-0.39, 0.29) is 28.6 Å². The molecular formula is C23H36F4. The second kappa shape index (κ2) is 8.13. The van der Waals surface area contributed by atoms with Crippen LogP contribution >= 0.6 is 0 Å². The quantitative estimate of drug-likeness (QED) is 0.342. The van der Waals surface area contributed by atoms with E-state index in [0.29, 0.717) is 0 Å². The highest BCUT2D eigenvalue weighted by atomic mass is 19.2. The van der Waals surface area contributed by atoms with E-state index in [4.69, 9.17) is 0 Å². The Hall–Kier alpha value is -1.06. The summed E-state index contributed by atoms with van der Waals surface area (Å²) in [5, 5.41) is 0. The Balaban J connectivity index is 3.73. The SMILES string of the molecule is CCC(C)(C)C(C)C(C)C(c1c(F)c(F)c(C)c(F)c1F)C(C)C(C)(C)C. The van der Waals surface area contributed by atoms with Gasteiger partial charge in [0.1, 0.15) is 0 Å². The molecular weight excluding hydrogens is 352 g/mol. The lowest BCUT2D eigenvalue weighted by Crippen LogP contribution is -2.37. The lowest BCUT2D eigenvalue weighted by Gasteiger charge is -2.44. The van der Waals surface area contributed by atoms with E-state index in [9.17, 15) is 17.6 Å². The van der Waals surface area contributed by atoms with Gasteiger partial charge in [-0.2, -0.15) is 0 Å². The van der Waals surface area contributed by atoms with Gasteiger partial charge >= 0.3 is 0 Å². The second-order valence-corrected chi connectivity index (χ2v) is 9.97. The van der Waals surface area contributed by atoms with Crippen molar-refractivity contribution in [2.24, 2.45) is 28.6 Å². The molecule has 0 heterocycles. The normalized spacial score (nSPS) is 17.6. The molecule has 0 aromatic heterocycles. The van der Waals surface area contributed by atoms with Gasteiger partial charge in [-0.3, -0.25) is 0 Å². The Morgan fingerprint density at radius 3 is 1.48 bits per heavy atom. The van der Waals surface area contributed by atoms with Crippen molar-refractivity contribution in [3.8, 4) is 0 Å². The van der Waals surface area contributed by atoms with E-state index in [1.165, 1.54) is 0 Å². The van der Waals surface area contributed by atoms with E-state index in [1.807, 2.05) is 34.6 Å². The fourth-order valence-electron chi connectivity index (χ4n) is 3.90. The Morgan fingerprint density at radius 1 is 0.741 bits per heavy atom. The first kappa shape index (κ1) is 24.0. The van der Waals surface area contributed by atoms with Crippen molar-refractivity contribution in [3.63, 3.8) is 0 Å². The summed E-state index contributed by atoms with van der Waals surface area (Å²) >= 11 is 0. The predicted octanol–water partition coefficient (Wildman–Crippen LogP) is 8.03. The van der Waals surface area contributed by atoms with Crippen LogP contribution in [0.25, 0.3) is 0 Å². The third kappa shape index (κ3) is 4.51. The molecule has 1 aromatic rings. The highest BCUT2D eigenvalue weighted by Gasteiger charge is 2.42. The molecule has 156 valence electrons. The largest absolute Gasteiger partial charge is 0.203 e. The van der Waals surface area contributed by atoms with Crippen LogP contribution in [0.5, 0.6) is 0 Å². The van der Waals surface area contributed by atoms with Crippen LogP contribution < -0.4 is 0 Å². The van der Waals surface area contributed by atoms with Crippen molar-refractivity contribution in [1.82, 2.24) is 0 Å². The fourth-order valence-corrected chi connectivity index (χ4v) is 3.90. The van der Waals surface area contributed by atoms with Crippen molar-refractivity contribution in [3.05, 3.63) is 34.4 Å². The van der Waals surface area contributed by atoms with E-state index in [0.717, 1.165) is 13.3 Å². The first-order valence-electron chi connectivity index (χ1n) is 9.91. The fraction of sp³-hybridized carbons (Fsp3) is 0.739. The van der Waals surface area contributed by atoms with Crippen LogP contribution in [-0.2, 0) is 0 Å². The topological polar surface area (TPSA) is 0 Å². The zero-order valence-electron chi connectivity index (χ0n) is 18.5. The standard InChI is InChI=1S/C23H36F4/c1-11-23(9,10)14(4)12(2)16(15(5)22(6,7)8)17-20(26)18(24)13(3)19(25)21(17)27/h12,14-16H,11H2,1-10H3. The van der Waals surface area contributed by atoms with Gasteiger partial charge in [-0.1, -0.05) is 68.7 Å². The molecule has 0 spiro atoms. The van der Waals surface area contributed by atoms with Crippen LogP contribution in [0, 0.1) is 58.8 Å². The maximum absolute atomic E-state index is 14.9. The van der Waals surface area contributed by atoms with Crippen molar-refractivity contribution in [2.75, 3.05) is 0 Å². The highest BCUT2D eigenvalue weighted by Crippen LogP contribution is 2.50. The lowest BCUT2D eigenvalue weighted by atomic mass is 9.60. The first-order valence-corrected chi connectivity index (χ1v) is 9.91. The van der Waals surface area contributed by atoms with Crippen molar-refractivity contribution in [2.45, 2.75) is 81.6 Å². The zero-order chi connectivity index (χ0) is 21.5. The number of hydrogen-bond donors (Lipinski definition) is 0. The van der Waals surface area contributed by atoms with Gasteiger partial charge in [-0.05, 0) is 41.4 Å². The van der Waals surface area contributed by atoms with Gasteiger partial charge in [-0.15, -0.1) is 0 Å². The predicted molar refractivity (Wildman–Crippen MR) is 105 cm³/mol. The maximum Gasteiger partial charge on any atom is 0.165 e. The van der Waals surface area contributed by atoms with Gasteiger partial charge in [0, 0.05) is 11.1 Å². The third-order valence-electron chi connectivity index (χ3n) is 7.25. The molecule has 4 heteroatoms. The minimum atomic E-state index is -1.29. The molecule has 0 saturated carbocycles. The van der Waals surface area contributed by atoms with Crippen molar-refractivity contribution < 1.29 is 17.6 Å². The monoisotopic (exact) mass is 388 g/mol. The van der Waals surface area contributed by atoms with Gasteiger partial charge in [0.2, 0.25) is 0 Å². The molecule has 0 nitrogen and oxygen atoms in total. The Kier molecular flexibility index (Phi) is 7.22. The molecule has 0 amide bonds. The number of rotatable bonds is 6. The van der Waals surface area contributed by atoms with Gasteiger partial charge in [0.05, 0.1) is 0 Å². The number of halogens is 4. The minimum Gasteiger partial charge on any atom is -0.203 e. The molecule has 0 aliphatic rings. The molecule has 0 fully saturated rings. The summed E-state index contributed by atoms with van der Waals surface area (Å²) in [6.07, 6.45) is 0.900. The Bertz CT molecular complexity index is 641. The van der Waals surface area contributed by atoms with Crippen molar-refractivity contribution in [1.29, 1.82) is 0 Å².